The number of hydrogen-bond donors (Lipinski definition) is 1. The molecule has 0 atom stereocenters. The number of benzene rings is 2. The Kier molecular flexibility index (Phi) is 5.32. The van der Waals surface area contributed by atoms with Gasteiger partial charge in [-0.05, 0) is 49.1 Å². The second-order valence-electron chi connectivity index (χ2n) is 6.75. The van der Waals surface area contributed by atoms with E-state index in [1.165, 1.54) is 25.0 Å². The van der Waals surface area contributed by atoms with E-state index >= 15 is 0 Å². The Morgan fingerprint density at radius 1 is 1.12 bits per heavy atom. The van der Waals surface area contributed by atoms with E-state index in [-0.39, 0.29) is 10.8 Å². The summed E-state index contributed by atoms with van der Waals surface area (Å²) in [6.07, 6.45) is 3.53. The van der Waals surface area contributed by atoms with Crippen molar-refractivity contribution in [3.05, 3.63) is 59.2 Å². The summed E-state index contributed by atoms with van der Waals surface area (Å²) < 4.78 is 23.5. The lowest BCUT2D eigenvalue weighted by Crippen LogP contribution is -2.26. The molecule has 0 radical (unpaired) electrons. The van der Waals surface area contributed by atoms with Gasteiger partial charge in [0.05, 0.1) is 4.90 Å². The van der Waals surface area contributed by atoms with E-state index in [9.17, 15) is 13.2 Å². The fourth-order valence-electron chi connectivity index (χ4n) is 3.27. The molecule has 1 amide bonds. The van der Waals surface area contributed by atoms with E-state index in [1.807, 2.05) is 18.2 Å². The molecule has 0 unspecified atom stereocenters. The summed E-state index contributed by atoms with van der Waals surface area (Å²) in [5, 5.41) is 2.94. The Labute approximate surface area is 154 Å². The van der Waals surface area contributed by atoms with Crippen molar-refractivity contribution in [3.63, 3.8) is 0 Å². The van der Waals surface area contributed by atoms with Crippen molar-refractivity contribution in [1.82, 2.24) is 5.32 Å². The predicted molar refractivity (Wildman–Crippen MR) is 103 cm³/mol. The summed E-state index contributed by atoms with van der Waals surface area (Å²) in [6.45, 7) is 4.30. The quantitative estimate of drug-likeness (QED) is 0.876. The van der Waals surface area contributed by atoms with Crippen molar-refractivity contribution >= 4 is 21.4 Å². The van der Waals surface area contributed by atoms with E-state index < -0.39 is 9.84 Å². The molecular formula is C20H24N2O3S. The molecule has 1 N–H and O–H groups in total. The Morgan fingerprint density at radius 2 is 1.81 bits per heavy atom. The highest BCUT2D eigenvalue weighted by molar-refractivity contribution is 7.90. The summed E-state index contributed by atoms with van der Waals surface area (Å²) in [6, 6.07) is 12.7. The van der Waals surface area contributed by atoms with E-state index in [4.69, 9.17) is 0 Å². The van der Waals surface area contributed by atoms with Gasteiger partial charge in [0.25, 0.3) is 5.91 Å². The van der Waals surface area contributed by atoms with Gasteiger partial charge in [-0.2, -0.15) is 0 Å². The summed E-state index contributed by atoms with van der Waals surface area (Å²) in [4.78, 5) is 15.1. The van der Waals surface area contributed by atoms with Crippen molar-refractivity contribution in [3.8, 4) is 0 Å². The smallest absolute Gasteiger partial charge is 0.251 e. The molecule has 0 saturated carbocycles. The topological polar surface area (TPSA) is 66.5 Å². The van der Waals surface area contributed by atoms with Crippen LogP contribution in [0.4, 0.5) is 5.69 Å². The average Bonchev–Trinajstić information content (AvgIpc) is 3.13. The van der Waals surface area contributed by atoms with E-state index in [0.717, 1.165) is 36.2 Å². The third kappa shape index (κ3) is 4.07. The molecule has 2 aromatic carbocycles. The molecule has 6 heteroatoms. The van der Waals surface area contributed by atoms with Crippen LogP contribution in [0, 0.1) is 6.92 Å². The van der Waals surface area contributed by atoms with Crippen molar-refractivity contribution < 1.29 is 13.2 Å². The highest BCUT2D eigenvalue weighted by Crippen LogP contribution is 2.24. The number of carbonyl (C=O) groups is 1. The molecule has 1 fully saturated rings. The molecule has 2 aromatic rings. The Morgan fingerprint density at radius 3 is 2.50 bits per heavy atom. The van der Waals surface area contributed by atoms with Gasteiger partial charge >= 0.3 is 0 Å². The lowest BCUT2D eigenvalue weighted by Gasteiger charge is -2.21. The molecule has 5 nitrogen and oxygen atoms in total. The first kappa shape index (κ1) is 18.5. The van der Waals surface area contributed by atoms with Crippen LogP contribution in [0.1, 0.15) is 34.3 Å². The first-order valence-corrected chi connectivity index (χ1v) is 10.7. The van der Waals surface area contributed by atoms with Gasteiger partial charge in [0.15, 0.2) is 9.84 Å². The molecule has 138 valence electrons. The maximum Gasteiger partial charge on any atom is 0.251 e. The Bertz CT molecular complexity index is 916. The molecule has 0 bridgehead atoms. The van der Waals surface area contributed by atoms with Gasteiger partial charge < -0.3 is 10.2 Å². The highest BCUT2D eigenvalue weighted by Gasteiger charge is 2.17. The van der Waals surface area contributed by atoms with Gasteiger partial charge in [-0.25, -0.2) is 8.42 Å². The van der Waals surface area contributed by atoms with Crippen molar-refractivity contribution in [2.75, 3.05) is 24.2 Å². The second-order valence-corrected chi connectivity index (χ2v) is 8.77. The number of para-hydroxylation sites is 1. The van der Waals surface area contributed by atoms with Crippen molar-refractivity contribution in [1.29, 1.82) is 0 Å². The monoisotopic (exact) mass is 372 g/mol. The van der Waals surface area contributed by atoms with Crippen molar-refractivity contribution in [2.24, 2.45) is 0 Å². The minimum atomic E-state index is -3.35. The van der Waals surface area contributed by atoms with E-state index in [2.05, 4.69) is 16.3 Å². The minimum absolute atomic E-state index is 0.158. The zero-order chi connectivity index (χ0) is 18.7. The summed E-state index contributed by atoms with van der Waals surface area (Å²) in [5.74, 6) is -0.260. The molecule has 1 aliphatic rings. The normalized spacial score (nSPS) is 14.5. The number of anilines is 1. The maximum absolute atomic E-state index is 12.6. The molecule has 0 spiro atoms. The van der Waals surface area contributed by atoms with Gasteiger partial charge in [-0.3, -0.25) is 4.79 Å². The summed E-state index contributed by atoms with van der Waals surface area (Å²) in [7, 11) is -3.35. The van der Waals surface area contributed by atoms with E-state index in [1.54, 1.807) is 13.0 Å². The van der Waals surface area contributed by atoms with Gasteiger partial charge in [0.2, 0.25) is 0 Å². The lowest BCUT2D eigenvalue weighted by atomic mass is 10.1. The number of carbonyl (C=O) groups excluding carboxylic acids is 1. The Balaban J connectivity index is 1.78. The third-order valence-electron chi connectivity index (χ3n) is 4.76. The zero-order valence-corrected chi connectivity index (χ0v) is 16.0. The van der Waals surface area contributed by atoms with Gasteiger partial charge in [0, 0.05) is 37.1 Å². The van der Waals surface area contributed by atoms with Crippen LogP contribution in [0.5, 0.6) is 0 Å². The first-order chi connectivity index (χ1) is 12.4. The fraction of sp³-hybridized carbons (Fsp3) is 0.350. The number of aryl methyl sites for hydroxylation is 1. The van der Waals surface area contributed by atoms with Crippen LogP contribution < -0.4 is 10.2 Å². The lowest BCUT2D eigenvalue weighted by molar-refractivity contribution is 0.0950. The first-order valence-electron chi connectivity index (χ1n) is 8.78. The van der Waals surface area contributed by atoms with Gasteiger partial charge in [0.1, 0.15) is 0 Å². The van der Waals surface area contributed by atoms with Gasteiger partial charge in [-0.15, -0.1) is 0 Å². The van der Waals surface area contributed by atoms with Crippen LogP contribution >= 0.6 is 0 Å². The minimum Gasteiger partial charge on any atom is -0.371 e. The fourth-order valence-corrected chi connectivity index (χ4v) is 3.92. The number of nitrogens with zero attached hydrogens (tertiary/aromatic N) is 1. The maximum atomic E-state index is 12.6. The molecule has 1 aliphatic heterocycles. The molecule has 26 heavy (non-hydrogen) atoms. The molecule has 1 saturated heterocycles. The van der Waals surface area contributed by atoms with Gasteiger partial charge in [-0.1, -0.05) is 24.3 Å². The number of nitrogens with one attached hydrogen (secondary N) is 1. The molecule has 3 rings (SSSR count). The van der Waals surface area contributed by atoms with Crippen molar-refractivity contribution in [2.45, 2.75) is 31.2 Å². The summed E-state index contributed by atoms with van der Waals surface area (Å²) in [5.41, 5.74) is 3.38. The molecule has 0 aliphatic carbocycles. The SMILES string of the molecule is Cc1ccc(S(C)(=O)=O)cc1C(=O)NCc1ccccc1N1CCCC1. The van der Waals surface area contributed by atoms with Crippen LogP contribution in [-0.2, 0) is 16.4 Å². The average molecular weight is 372 g/mol. The highest BCUT2D eigenvalue weighted by atomic mass is 32.2. The molecular weight excluding hydrogens is 348 g/mol. The number of rotatable bonds is 5. The second kappa shape index (κ2) is 7.50. The molecule has 0 aromatic heterocycles. The van der Waals surface area contributed by atoms with E-state index in [0.29, 0.717) is 12.1 Å². The largest absolute Gasteiger partial charge is 0.371 e. The van der Waals surface area contributed by atoms with Crippen LogP contribution in [0.2, 0.25) is 0 Å². The number of hydrogen-bond acceptors (Lipinski definition) is 4. The zero-order valence-electron chi connectivity index (χ0n) is 15.2. The molecule has 1 heterocycles. The number of amides is 1. The van der Waals surface area contributed by atoms with Crippen LogP contribution in [0.3, 0.4) is 0 Å². The van der Waals surface area contributed by atoms with Crippen LogP contribution in [0.15, 0.2) is 47.4 Å². The predicted octanol–water partition coefficient (Wildman–Crippen LogP) is 2.93. The summed E-state index contributed by atoms with van der Waals surface area (Å²) >= 11 is 0. The van der Waals surface area contributed by atoms with Crippen LogP contribution in [0.25, 0.3) is 0 Å². The Hall–Kier alpha value is -2.34. The number of sulfone groups is 1. The standard InChI is InChI=1S/C20H24N2O3S/c1-15-9-10-17(26(2,24)25)13-18(15)20(23)21-14-16-7-3-4-8-19(16)22-11-5-6-12-22/h3-4,7-10,13H,5-6,11-12,14H2,1-2H3,(H,21,23). The van der Waals surface area contributed by atoms with Crippen LogP contribution in [-0.4, -0.2) is 33.7 Å². The third-order valence-corrected chi connectivity index (χ3v) is 5.87.